The molecule has 17 heavy (non-hydrogen) atoms. The van der Waals surface area contributed by atoms with Crippen LogP contribution in [0.2, 0.25) is 0 Å². The lowest BCUT2D eigenvalue weighted by molar-refractivity contribution is 0.250. The Hall–Kier alpha value is -0.170. The minimum atomic E-state index is -3.23. The van der Waals surface area contributed by atoms with Crippen molar-refractivity contribution < 1.29 is 8.42 Å². The zero-order valence-corrected chi connectivity index (χ0v) is 11.7. The lowest BCUT2D eigenvalue weighted by atomic mass is 10.2. The van der Waals surface area contributed by atoms with E-state index >= 15 is 0 Å². The van der Waals surface area contributed by atoms with Crippen molar-refractivity contribution in [3.05, 3.63) is 0 Å². The molecule has 3 N–H and O–H groups in total. The Morgan fingerprint density at radius 1 is 1.41 bits per heavy atom. The fourth-order valence-electron chi connectivity index (χ4n) is 2.16. The maximum absolute atomic E-state index is 11.7. The van der Waals surface area contributed by atoms with Gasteiger partial charge < -0.3 is 10.6 Å². The van der Waals surface area contributed by atoms with Crippen molar-refractivity contribution in [2.75, 3.05) is 26.7 Å². The molecule has 1 fully saturated rings. The first kappa shape index (κ1) is 14.9. The van der Waals surface area contributed by atoms with Gasteiger partial charge in [0.15, 0.2) is 0 Å². The van der Waals surface area contributed by atoms with Gasteiger partial charge in [0.25, 0.3) is 0 Å². The first-order valence-corrected chi connectivity index (χ1v) is 7.91. The van der Waals surface area contributed by atoms with E-state index in [4.69, 9.17) is 5.73 Å². The van der Waals surface area contributed by atoms with Gasteiger partial charge in [-0.25, -0.2) is 13.1 Å². The highest BCUT2D eigenvalue weighted by molar-refractivity contribution is 7.90. The van der Waals surface area contributed by atoms with E-state index < -0.39 is 15.3 Å². The predicted octanol–water partition coefficient (Wildman–Crippen LogP) is 0.127. The van der Waals surface area contributed by atoms with Crippen molar-refractivity contribution in [2.45, 2.75) is 43.9 Å². The van der Waals surface area contributed by atoms with Gasteiger partial charge in [-0.3, -0.25) is 0 Å². The van der Waals surface area contributed by atoms with E-state index in [9.17, 15) is 8.42 Å². The van der Waals surface area contributed by atoms with Crippen LogP contribution in [0.5, 0.6) is 0 Å². The molecule has 1 rings (SSSR count). The monoisotopic (exact) mass is 263 g/mol. The van der Waals surface area contributed by atoms with E-state index in [-0.39, 0.29) is 6.54 Å². The van der Waals surface area contributed by atoms with E-state index in [0.717, 1.165) is 6.54 Å². The standard InChI is InChI=1S/C11H25N3O2S/c1-10(9-12)17(15,16)13-7-8-14(2)11-5-3-4-6-11/h10-11,13H,3-9,12H2,1-2H3. The van der Waals surface area contributed by atoms with Gasteiger partial charge in [0.05, 0.1) is 5.25 Å². The van der Waals surface area contributed by atoms with Crippen LogP contribution in [0, 0.1) is 0 Å². The number of nitrogens with two attached hydrogens (primary N) is 1. The smallest absolute Gasteiger partial charge is 0.215 e. The number of hydrogen-bond donors (Lipinski definition) is 2. The van der Waals surface area contributed by atoms with Gasteiger partial charge in [-0.15, -0.1) is 0 Å². The summed E-state index contributed by atoms with van der Waals surface area (Å²) in [6, 6.07) is 0.631. The van der Waals surface area contributed by atoms with Crippen LogP contribution in [0.25, 0.3) is 0 Å². The normalized spacial score (nSPS) is 20.0. The van der Waals surface area contributed by atoms with Gasteiger partial charge in [0.2, 0.25) is 10.0 Å². The van der Waals surface area contributed by atoms with Gasteiger partial charge >= 0.3 is 0 Å². The van der Waals surface area contributed by atoms with Gasteiger partial charge in [0.1, 0.15) is 0 Å². The average Bonchev–Trinajstić information content (AvgIpc) is 2.80. The molecule has 1 unspecified atom stereocenters. The maximum Gasteiger partial charge on any atom is 0.215 e. The summed E-state index contributed by atoms with van der Waals surface area (Å²) >= 11 is 0. The second-order valence-corrected chi connectivity index (χ2v) is 7.09. The molecule has 0 saturated heterocycles. The molecule has 1 atom stereocenters. The zero-order valence-electron chi connectivity index (χ0n) is 10.9. The Morgan fingerprint density at radius 2 is 2.00 bits per heavy atom. The van der Waals surface area contributed by atoms with Crippen LogP contribution in [0.1, 0.15) is 32.6 Å². The van der Waals surface area contributed by atoms with E-state index in [1.165, 1.54) is 25.7 Å². The largest absolute Gasteiger partial charge is 0.329 e. The maximum atomic E-state index is 11.7. The molecule has 0 aromatic rings. The van der Waals surface area contributed by atoms with Crippen molar-refractivity contribution in [1.82, 2.24) is 9.62 Å². The van der Waals surface area contributed by atoms with Crippen LogP contribution in [0.3, 0.4) is 0 Å². The Bertz CT molecular complexity index is 313. The van der Waals surface area contributed by atoms with Gasteiger partial charge in [-0.05, 0) is 26.8 Å². The molecule has 1 saturated carbocycles. The Labute approximate surface area is 105 Å². The highest BCUT2D eigenvalue weighted by Gasteiger charge is 2.21. The molecule has 0 radical (unpaired) electrons. The van der Waals surface area contributed by atoms with E-state index in [1.54, 1.807) is 6.92 Å². The average molecular weight is 263 g/mol. The van der Waals surface area contributed by atoms with Gasteiger partial charge in [0, 0.05) is 25.7 Å². The zero-order chi connectivity index (χ0) is 12.9. The molecule has 1 aliphatic rings. The van der Waals surface area contributed by atoms with E-state index in [1.807, 2.05) is 0 Å². The highest BCUT2D eigenvalue weighted by Crippen LogP contribution is 2.21. The number of hydrogen-bond acceptors (Lipinski definition) is 4. The number of rotatable bonds is 7. The second-order valence-electron chi connectivity index (χ2n) is 4.90. The quantitative estimate of drug-likeness (QED) is 0.684. The van der Waals surface area contributed by atoms with Crippen LogP contribution in [0.15, 0.2) is 0 Å². The summed E-state index contributed by atoms with van der Waals surface area (Å²) in [7, 11) is -1.17. The molecule has 0 aromatic carbocycles. The molecule has 1 aliphatic carbocycles. The number of likely N-dealkylation sites (N-methyl/N-ethyl adjacent to an activating group) is 1. The summed E-state index contributed by atoms with van der Waals surface area (Å²) < 4.78 is 25.9. The summed E-state index contributed by atoms with van der Waals surface area (Å²) in [5, 5.41) is -0.515. The number of sulfonamides is 1. The van der Waals surface area contributed by atoms with Gasteiger partial charge in [-0.1, -0.05) is 12.8 Å². The number of nitrogens with zero attached hydrogens (tertiary/aromatic N) is 1. The summed E-state index contributed by atoms with van der Waals surface area (Å²) in [6.45, 7) is 3.03. The minimum absolute atomic E-state index is 0.161. The molecule has 102 valence electrons. The number of nitrogens with one attached hydrogen (secondary N) is 1. The van der Waals surface area contributed by atoms with E-state index in [0.29, 0.717) is 12.6 Å². The van der Waals surface area contributed by atoms with Crippen molar-refractivity contribution in [3.63, 3.8) is 0 Å². The molecule has 0 amide bonds. The summed E-state index contributed by atoms with van der Waals surface area (Å²) in [5.74, 6) is 0. The molecular formula is C11H25N3O2S. The summed E-state index contributed by atoms with van der Waals surface area (Å²) in [5.41, 5.74) is 5.36. The molecule has 0 heterocycles. The Balaban J connectivity index is 2.27. The molecular weight excluding hydrogens is 238 g/mol. The minimum Gasteiger partial charge on any atom is -0.329 e. The Kier molecular flexibility index (Phi) is 5.85. The van der Waals surface area contributed by atoms with Crippen molar-refractivity contribution >= 4 is 10.0 Å². The first-order chi connectivity index (χ1) is 7.97. The van der Waals surface area contributed by atoms with Crippen LogP contribution < -0.4 is 10.5 Å². The van der Waals surface area contributed by atoms with Crippen LogP contribution >= 0.6 is 0 Å². The molecule has 0 bridgehead atoms. The third kappa shape index (κ3) is 4.54. The van der Waals surface area contributed by atoms with Crippen molar-refractivity contribution in [3.8, 4) is 0 Å². The first-order valence-electron chi connectivity index (χ1n) is 6.36. The van der Waals surface area contributed by atoms with E-state index in [2.05, 4.69) is 16.7 Å². The molecule has 5 nitrogen and oxygen atoms in total. The van der Waals surface area contributed by atoms with Crippen molar-refractivity contribution in [1.29, 1.82) is 0 Å². The van der Waals surface area contributed by atoms with Crippen molar-refractivity contribution in [2.24, 2.45) is 5.73 Å². The molecule has 6 heteroatoms. The summed E-state index contributed by atoms with van der Waals surface area (Å²) in [6.07, 6.45) is 5.07. The van der Waals surface area contributed by atoms with Crippen LogP contribution in [-0.4, -0.2) is 51.3 Å². The van der Waals surface area contributed by atoms with Crippen LogP contribution in [-0.2, 0) is 10.0 Å². The second kappa shape index (κ2) is 6.68. The molecule has 0 spiro atoms. The molecule has 0 aliphatic heterocycles. The third-order valence-corrected chi connectivity index (χ3v) is 5.44. The van der Waals surface area contributed by atoms with Gasteiger partial charge in [-0.2, -0.15) is 0 Å². The lowest BCUT2D eigenvalue weighted by Gasteiger charge is -2.24. The topological polar surface area (TPSA) is 75.4 Å². The fraction of sp³-hybridized carbons (Fsp3) is 1.00. The predicted molar refractivity (Wildman–Crippen MR) is 70.3 cm³/mol. The Morgan fingerprint density at radius 3 is 2.53 bits per heavy atom. The van der Waals surface area contributed by atoms with Crippen LogP contribution in [0.4, 0.5) is 0 Å². The summed E-state index contributed by atoms with van der Waals surface area (Å²) in [4.78, 5) is 2.25. The lowest BCUT2D eigenvalue weighted by Crippen LogP contribution is -2.41. The SMILES string of the molecule is CC(CN)S(=O)(=O)NCCN(C)C1CCCC1. The molecule has 0 aromatic heterocycles. The highest BCUT2D eigenvalue weighted by atomic mass is 32.2. The fourth-order valence-corrected chi connectivity index (χ4v) is 3.07. The third-order valence-electron chi connectivity index (χ3n) is 3.58.